The number of carbonyl (C=O) groups is 1. The molecule has 0 aliphatic carbocycles. The van der Waals surface area contributed by atoms with E-state index in [1.165, 1.54) is 0 Å². The van der Waals surface area contributed by atoms with Crippen LogP contribution in [0, 0.1) is 6.92 Å². The molecular formula is C20H24LiO4P. The average Bonchev–Trinajstić information content (AvgIpc) is 2.62. The molecule has 0 aliphatic heterocycles. The fourth-order valence-electron chi connectivity index (χ4n) is 2.37. The van der Waals surface area contributed by atoms with Gasteiger partial charge in [0, 0.05) is 5.52 Å². The van der Waals surface area contributed by atoms with E-state index in [0.717, 1.165) is 23.0 Å². The Bertz CT molecular complexity index is 726. The topological polar surface area (TPSA) is 44.8 Å². The van der Waals surface area contributed by atoms with Crippen LogP contribution < -0.4 is 38.4 Å². The SMILES string of the molecule is CCC(C)Oc1ccc([P-]C(=O)c2c(OC)cccc2OC)c(C)c1.[Li+]. The molecule has 2 aromatic carbocycles. The molecule has 0 radical (unpaired) electrons. The quantitative estimate of drug-likeness (QED) is 0.526. The Morgan fingerprint density at radius 1 is 1.12 bits per heavy atom. The normalized spacial score (nSPS) is 11.7. The molecule has 0 saturated carbocycles. The van der Waals surface area contributed by atoms with Crippen LogP contribution in [0.15, 0.2) is 36.4 Å². The number of hydrogen-bond donors (Lipinski definition) is 0. The summed E-state index contributed by atoms with van der Waals surface area (Å²) in [6, 6.07) is 11.2. The molecule has 2 aromatic rings. The van der Waals surface area contributed by atoms with Crippen LogP contribution in [-0.2, 0) is 0 Å². The summed E-state index contributed by atoms with van der Waals surface area (Å²) in [6.07, 6.45) is 1.12. The van der Waals surface area contributed by atoms with Gasteiger partial charge in [-0.1, -0.05) is 24.6 Å². The summed E-state index contributed by atoms with van der Waals surface area (Å²) in [7, 11) is 3.68. The maximum absolute atomic E-state index is 12.8. The Balaban J connectivity index is 0.00000338. The first-order valence-corrected chi connectivity index (χ1v) is 9.14. The largest absolute Gasteiger partial charge is 1.00 e. The zero-order chi connectivity index (χ0) is 18.4. The first kappa shape index (κ1) is 22.6. The Morgan fingerprint density at radius 3 is 2.23 bits per heavy atom. The minimum Gasteiger partial charge on any atom is -0.496 e. The van der Waals surface area contributed by atoms with Gasteiger partial charge in [-0.15, -0.1) is 0 Å². The van der Waals surface area contributed by atoms with Gasteiger partial charge in [-0.25, -0.2) is 0 Å². The summed E-state index contributed by atoms with van der Waals surface area (Å²) < 4.78 is 16.5. The second-order valence-corrected chi connectivity index (χ2v) is 6.85. The minimum absolute atomic E-state index is 0. The summed E-state index contributed by atoms with van der Waals surface area (Å²) in [4.78, 5) is 12.8. The average molecular weight is 366 g/mol. The molecular weight excluding hydrogens is 342 g/mol. The maximum atomic E-state index is 12.8. The fourth-order valence-corrected chi connectivity index (χ4v) is 3.31. The van der Waals surface area contributed by atoms with E-state index < -0.39 is 0 Å². The summed E-state index contributed by atoms with van der Waals surface area (Å²) in [5.41, 5.74) is 1.42. The van der Waals surface area contributed by atoms with E-state index in [2.05, 4.69) is 6.92 Å². The van der Waals surface area contributed by atoms with Crippen molar-refractivity contribution >= 4 is 19.4 Å². The molecule has 2 rings (SSSR count). The standard InChI is InChI=1S/C20H24O4P.Li/c1-6-14(3)24-15-10-11-18(13(2)12-15)25-20(21)19-16(22-4)8-7-9-17(19)23-5;/h7-12,14H,6H2,1-5H3;/q-1;+1. The number of methoxy groups -OCH3 is 2. The van der Waals surface area contributed by atoms with Gasteiger partial charge in [-0.3, -0.25) is 0 Å². The first-order chi connectivity index (χ1) is 12.0. The van der Waals surface area contributed by atoms with Crippen molar-refractivity contribution in [2.24, 2.45) is 0 Å². The van der Waals surface area contributed by atoms with Crippen LogP contribution in [0.2, 0.25) is 0 Å². The van der Waals surface area contributed by atoms with Crippen molar-refractivity contribution in [3.8, 4) is 17.2 Å². The summed E-state index contributed by atoms with van der Waals surface area (Å²) in [6.45, 7) is 6.11. The number of aryl methyl sites for hydroxylation is 1. The zero-order valence-electron chi connectivity index (χ0n) is 16.3. The van der Waals surface area contributed by atoms with Crippen molar-refractivity contribution in [2.75, 3.05) is 14.2 Å². The molecule has 0 saturated heterocycles. The van der Waals surface area contributed by atoms with Crippen molar-refractivity contribution in [1.82, 2.24) is 0 Å². The van der Waals surface area contributed by atoms with E-state index in [4.69, 9.17) is 14.2 Å². The van der Waals surface area contributed by atoms with E-state index in [-0.39, 0.29) is 30.5 Å². The molecule has 0 bridgehead atoms. The Morgan fingerprint density at radius 2 is 1.73 bits per heavy atom. The van der Waals surface area contributed by atoms with Crippen molar-refractivity contribution in [1.29, 1.82) is 0 Å². The van der Waals surface area contributed by atoms with Gasteiger partial charge in [0.2, 0.25) is 0 Å². The molecule has 0 amide bonds. The third-order valence-electron chi connectivity index (χ3n) is 3.94. The van der Waals surface area contributed by atoms with Gasteiger partial charge >= 0.3 is 18.9 Å². The summed E-state index contributed by atoms with van der Waals surface area (Å²) in [5.74, 6) is 1.87. The number of ether oxygens (including phenoxy) is 3. The fraction of sp³-hybridized carbons (Fsp3) is 0.350. The number of hydrogen-bond acceptors (Lipinski definition) is 4. The molecule has 26 heavy (non-hydrogen) atoms. The second kappa shape index (κ2) is 10.6. The van der Waals surface area contributed by atoms with Crippen LogP contribution in [0.1, 0.15) is 36.2 Å². The van der Waals surface area contributed by atoms with Gasteiger partial charge in [0.15, 0.2) is 0 Å². The van der Waals surface area contributed by atoms with E-state index in [1.54, 1.807) is 32.4 Å². The van der Waals surface area contributed by atoms with Crippen LogP contribution in [0.5, 0.6) is 17.2 Å². The van der Waals surface area contributed by atoms with Crippen LogP contribution in [0.4, 0.5) is 0 Å². The van der Waals surface area contributed by atoms with Crippen LogP contribution in [0.25, 0.3) is 0 Å². The molecule has 0 heterocycles. The summed E-state index contributed by atoms with van der Waals surface area (Å²) >= 11 is 0. The van der Waals surface area contributed by atoms with Crippen molar-refractivity contribution in [2.45, 2.75) is 33.3 Å². The van der Waals surface area contributed by atoms with Crippen molar-refractivity contribution < 1.29 is 37.9 Å². The van der Waals surface area contributed by atoms with E-state index in [0.29, 0.717) is 25.6 Å². The van der Waals surface area contributed by atoms with E-state index in [9.17, 15) is 4.79 Å². The molecule has 6 heteroatoms. The minimum atomic E-state index is -0.0620. The van der Waals surface area contributed by atoms with Gasteiger partial charge in [0.1, 0.15) is 17.2 Å². The van der Waals surface area contributed by atoms with Gasteiger partial charge in [-0.05, 0) is 44.5 Å². The molecule has 0 fully saturated rings. The molecule has 1 atom stereocenters. The van der Waals surface area contributed by atoms with Crippen LogP contribution >= 0.6 is 8.58 Å². The van der Waals surface area contributed by atoms with Gasteiger partial charge in [-0.2, -0.15) is 5.30 Å². The third-order valence-corrected chi connectivity index (χ3v) is 5.11. The molecule has 134 valence electrons. The molecule has 0 aromatic heterocycles. The predicted octanol–water partition coefficient (Wildman–Crippen LogP) is 1.61. The van der Waals surface area contributed by atoms with Crippen LogP contribution in [-0.4, -0.2) is 25.8 Å². The molecule has 4 nitrogen and oxygen atoms in total. The second-order valence-electron chi connectivity index (χ2n) is 5.74. The molecule has 0 N–H and O–H groups in total. The summed E-state index contributed by atoms with van der Waals surface area (Å²) in [5, 5.41) is 0.939. The Hall–Kier alpha value is -1.46. The molecule has 1 unspecified atom stereocenters. The van der Waals surface area contributed by atoms with Crippen molar-refractivity contribution in [3.63, 3.8) is 0 Å². The van der Waals surface area contributed by atoms with Crippen LogP contribution in [0.3, 0.4) is 0 Å². The van der Waals surface area contributed by atoms with E-state index in [1.807, 2.05) is 32.0 Å². The van der Waals surface area contributed by atoms with Gasteiger partial charge < -0.3 is 27.6 Å². The monoisotopic (exact) mass is 366 g/mol. The van der Waals surface area contributed by atoms with E-state index >= 15 is 0 Å². The smallest absolute Gasteiger partial charge is 0.496 e. The molecule has 0 aliphatic rings. The predicted molar refractivity (Wildman–Crippen MR) is 102 cm³/mol. The number of rotatable bonds is 8. The molecule has 0 spiro atoms. The van der Waals surface area contributed by atoms with Crippen molar-refractivity contribution in [3.05, 3.63) is 47.5 Å². The third kappa shape index (κ3) is 5.52. The van der Waals surface area contributed by atoms with Gasteiger partial charge in [0.25, 0.3) is 0 Å². The first-order valence-electron chi connectivity index (χ1n) is 8.24. The maximum Gasteiger partial charge on any atom is 1.00 e. The number of carbonyl (C=O) groups excluding carboxylic acids is 1. The Labute approximate surface area is 169 Å². The van der Waals surface area contributed by atoms with Gasteiger partial charge in [0.05, 0.1) is 25.9 Å². The Kier molecular flexibility index (Phi) is 9.23. The number of benzene rings is 2. The zero-order valence-corrected chi connectivity index (χ0v) is 17.2.